The van der Waals surface area contributed by atoms with Crippen molar-refractivity contribution in [1.29, 1.82) is 0 Å². The Bertz CT molecular complexity index is 341. The fraction of sp³-hybridized carbons (Fsp3) is 0.667. The highest BCUT2D eigenvalue weighted by molar-refractivity contribution is 5.75. The number of aliphatic carboxylic acids is 1. The molecule has 2 saturated carbocycles. The average molecular weight is 239 g/mol. The van der Waals surface area contributed by atoms with Crippen LogP contribution < -0.4 is 5.32 Å². The van der Waals surface area contributed by atoms with Gasteiger partial charge in [-0.25, -0.2) is 4.79 Å². The Hall–Kier alpha value is -1.52. The van der Waals surface area contributed by atoms with Gasteiger partial charge >= 0.3 is 12.1 Å². The van der Waals surface area contributed by atoms with Gasteiger partial charge in [0.15, 0.2) is 0 Å². The number of carboxylic acid groups (broad SMARTS) is 1. The van der Waals surface area contributed by atoms with Crippen LogP contribution in [-0.2, 0) is 9.53 Å². The monoisotopic (exact) mass is 239 g/mol. The van der Waals surface area contributed by atoms with Gasteiger partial charge in [0.1, 0.15) is 6.61 Å². The molecule has 4 unspecified atom stereocenters. The van der Waals surface area contributed by atoms with Crippen molar-refractivity contribution in [2.75, 3.05) is 6.61 Å². The van der Waals surface area contributed by atoms with Crippen molar-refractivity contribution in [2.24, 2.45) is 17.8 Å². The number of carbonyl (C=O) groups excluding carboxylic acids is 1. The topological polar surface area (TPSA) is 75.6 Å². The molecule has 0 aromatic heterocycles. The highest BCUT2D eigenvalue weighted by Crippen LogP contribution is 2.55. The Labute approximate surface area is 99.8 Å². The van der Waals surface area contributed by atoms with Gasteiger partial charge in [-0.15, -0.1) is 0 Å². The summed E-state index contributed by atoms with van der Waals surface area (Å²) in [6, 6.07) is -0.0489. The van der Waals surface area contributed by atoms with Crippen molar-refractivity contribution in [2.45, 2.75) is 25.3 Å². The van der Waals surface area contributed by atoms with Crippen LogP contribution in [0.3, 0.4) is 0 Å². The van der Waals surface area contributed by atoms with Gasteiger partial charge < -0.3 is 15.2 Å². The number of ether oxygens (including phenoxy) is 1. The molecule has 0 aromatic rings. The third-order valence-corrected chi connectivity index (χ3v) is 3.67. The molecule has 0 bridgehead atoms. The molecule has 17 heavy (non-hydrogen) atoms. The third kappa shape index (κ3) is 2.43. The van der Waals surface area contributed by atoms with E-state index in [4.69, 9.17) is 9.84 Å². The zero-order valence-corrected chi connectivity index (χ0v) is 9.59. The van der Waals surface area contributed by atoms with Crippen LogP contribution in [0.25, 0.3) is 0 Å². The van der Waals surface area contributed by atoms with Crippen LogP contribution in [0.2, 0.25) is 0 Å². The van der Waals surface area contributed by atoms with E-state index in [0.717, 1.165) is 19.3 Å². The maximum Gasteiger partial charge on any atom is 0.407 e. The first-order valence-corrected chi connectivity index (χ1v) is 5.92. The molecular weight excluding hydrogens is 222 g/mol. The van der Waals surface area contributed by atoms with E-state index in [2.05, 4.69) is 11.9 Å². The van der Waals surface area contributed by atoms with Crippen LogP contribution in [0.15, 0.2) is 12.7 Å². The first-order valence-electron chi connectivity index (χ1n) is 5.92. The molecule has 0 radical (unpaired) electrons. The largest absolute Gasteiger partial charge is 0.481 e. The van der Waals surface area contributed by atoms with Gasteiger partial charge in [0.25, 0.3) is 0 Å². The molecule has 2 aliphatic carbocycles. The summed E-state index contributed by atoms with van der Waals surface area (Å²) in [7, 11) is 0. The van der Waals surface area contributed by atoms with Gasteiger partial charge in [-0.2, -0.15) is 0 Å². The van der Waals surface area contributed by atoms with E-state index in [0.29, 0.717) is 0 Å². The molecular formula is C12H17NO4. The molecule has 2 rings (SSSR count). The molecule has 1 amide bonds. The summed E-state index contributed by atoms with van der Waals surface area (Å²) in [6.45, 7) is 3.63. The second kappa shape index (κ2) is 4.77. The van der Waals surface area contributed by atoms with E-state index in [9.17, 15) is 9.59 Å². The van der Waals surface area contributed by atoms with Crippen molar-refractivity contribution >= 4 is 12.1 Å². The van der Waals surface area contributed by atoms with E-state index in [1.165, 1.54) is 6.08 Å². The quantitative estimate of drug-likeness (QED) is 0.727. The Kier molecular flexibility index (Phi) is 3.36. The van der Waals surface area contributed by atoms with Crippen molar-refractivity contribution in [3.63, 3.8) is 0 Å². The highest BCUT2D eigenvalue weighted by Gasteiger charge is 2.59. The highest BCUT2D eigenvalue weighted by atomic mass is 16.5. The molecule has 0 heterocycles. The second-order valence-electron chi connectivity index (χ2n) is 4.67. The predicted octanol–water partition coefficient (Wildman–Crippen LogP) is 1.40. The zero-order valence-electron chi connectivity index (χ0n) is 9.59. The van der Waals surface area contributed by atoms with Gasteiger partial charge in [-0.05, 0) is 24.7 Å². The van der Waals surface area contributed by atoms with Crippen molar-refractivity contribution < 1.29 is 19.4 Å². The Morgan fingerprint density at radius 2 is 2.24 bits per heavy atom. The number of nitrogens with one attached hydrogen (secondary N) is 1. The lowest BCUT2D eigenvalue weighted by molar-refractivity contribution is -0.139. The standard InChI is InChI=1S/C12H17NO4/c1-2-6-17-12(16)13-8-5-3-4-7-9(8)10(7)11(14)15/h2,7-10H,1,3-6H2,(H,13,16)(H,14,15). The lowest BCUT2D eigenvalue weighted by Crippen LogP contribution is -2.39. The van der Waals surface area contributed by atoms with Gasteiger partial charge in [-0.3, -0.25) is 4.79 Å². The minimum absolute atomic E-state index is 0.0489. The molecule has 0 aromatic carbocycles. The lowest BCUT2D eigenvalue weighted by Gasteiger charge is -2.21. The molecule has 2 aliphatic rings. The van der Waals surface area contributed by atoms with Gasteiger partial charge in [-0.1, -0.05) is 19.1 Å². The molecule has 2 fully saturated rings. The number of hydrogen-bond donors (Lipinski definition) is 2. The number of amides is 1. The molecule has 5 nitrogen and oxygen atoms in total. The van der Waals surface area contributed by atoms with Gasteiger partial charge in [0.05, 0.1) is 5.92 Å². The first-order chi connectivity index (χ1) is 8.15. The Balaban J connectivity index is 1.87. The lowest BCUT2D eigenvalue weighted by atomic mass is 9.96. The van der Waals surface area contributed by atoms with Crippen LogP contribution in [0.4, 0.5) is 4.79 Å². The Morgan fingerprint density at radius 1 is 1.47 bits per heavy atom. The first kappa shape index (κ1) is 12.0. The van der Waals surface area contributed by atoms with Crippen molar-refractivity contribution in [1.82, 2.24) is 5.32 Å². The summed E-state index contributed by atoms with van der Waals surface area (Å²) in [5.41, 5.74) is 0. The maximum atomic E-state index is 11.4. The molecule has 5 heteroatoms. The predicted molar refractivity (Wildman–Crippen MR) is 60.4 cm³/mol. The number of carboxylic acids is 1. The fourth-order valence-corrected chi connectivity index (χ4v) is 2.93. The normalized spacial score (nSPS) is 34.4. The molecule has 4 atom stereocenters. The number of hydrogen-bond acceptors (Lipinski definition) is 3. The smallest absolute Gasteiger partial charge is 0.407 e. The molecule has 94 valence electrons. The zero-order chi connectivity index (χ0) is 12.4. The van der Waals surface area contributed by atoms with Crippen LogP contribution in [0, 0.1) is 17.8 Å². The Morgan fingerprint density at radius 3 is 2.88 bits per heavy atom. The summed E-state index contributed by atoms with van der Waals surface area (Å²) in [4.78, 5) is 22.4. The van der Waals surface area contributed by atoms with Crippen LogP contribution in [0.5, 0.6) is 0 Å². The fourth-order valence-electron chi connectivity index (χ4n) is 2.93. The summed E-state index contributed by atoms with van der Waals surface area (Å²) in [5.74, 6) is -0.682. The van der Waals surface area contributed by atoms with E-state index in [1.807, 2.05) is 0 Å². The van der Waals surface area contributed by atoms with Gasteiger partial charge in [0, 0.05) is 6.04 Å². The summed E-state index contributed by atoms with van der Waals surface area (Å²) in [6.07, 6.45) is 3.79. The summed E-state index contributed by atoms with van der Waals surface area (Å²) >= 11 is 0. The second-order valence-corrected chi connectivity index (χ2v) is 4.67. The minimum Gasteiger partial charge on any atom is -0.481 e. The summed E-state index contributed by atoms with van der Waals surface area (Å²) < 4.78 is 4.84. The molecule has 0 saturated heterocycles. The van der Waals surface area contributed by atoms with E-state index in [1.54, 1.807) is 0 Å². The van der Waals surface area contributed by atoms with Crippen LogP contribution in [-0.4, -0.2) is 29.8 Å². The molecule has 2 N–H and O–H groups in total. The molecule has 0 aliphatic heterocycles. The van der Waals surface area contributed by atoms with Crippen molar-refractivity contribution in [3.8, 4) is 0 Å². The number of alkyl carbamates (subject to hydrolysis) is 1. The number of rotatable bonds is 4. The SMILES string of the molecule is C=CCOC(=O)NC1CCCC2C(C(=O)O)C12. The van der Waals surface area contributed by atoms with E-state index >= 15 is 0 Å². The maximum absolute atomic E-state index is 11.4. The average Bonchev–Trinajstić information content (AvgIpc) is 3.01. The van der Waals surface area contributed by atoms with Crippen LogP contribution in [0.1, 0.15) is 19.3 Å². The summed E-state index contributed by atoms with van der Waals surface area (Å²) in [5, 5.41) is 11.8. The number of carbonyl (C=O) groups is 2. The van der Waals surface area contributed by atoms with E-state index in [-0.39, 0.29) is 30.4 Å². The third-order valence-electron chi connectivity index (χ3n) is 3.67. The number of fused-ring (bicyclic) bond motifs is 1. The van der Waals surface area contributed by atoms with Crippen LogP contribution >= 0.6 is 0 Å². The minimum atomic E-state index is -0.742. The van der Waals surface area contributed by atoms with Crippen molar-refractivity contribution in [3.05, 3.63) is 12.7 Å². The van der Waals surface area contributed by atoms with E-state index < -0.39 is 12.1 Å². The van der Waals surface area contributed by atoms with Gasteiger partial charge in [0.2, 0.25) is 0 Å². The molecule has 0 spiro atoms.